The number of nitrogens with zero attached hydrogens (tertiary/aromatic N) is 3. The summed E-state index contributed by atoms with van der Waals surface area (Å²) in [6.07, 6.45) is 3.42. The predicted molar refractivity (Wildman–Crippen MR) is 85.9 cm³/mol. The first-order chi connectivity index (χ1) is 9.86. The molecule has 1 N–H and O–H groups in total. The van der Waals surface area contributed by atoms with Crippen LogP contribution in [-0.2, 0) is 10.0 Å². The first-order valence-electron chi connectivity index (χ1n) is 7.91. The normalized spacial score (nSPS) is 30.6. The minimum atomic E-state index is -3.03. The number of hydrogen-bond donors (Lipinski definition) is 1. The largest absolute Gasteiger partial charge is 0.315 e. The first kappa shape index (κ1) is 17.1. The van der Waals surface area contributed by atoms with E-state index in [1.807, 2.05) is 0 Å². The van der Waals surface area contributed by atoms with Gasteiger partial charge in [-0.3, -0.25) is 4.90 Å². The van der Waals surface area contributed by atoms with Gasteiger partial charge in [0, 0.05) is 45.3 Å². The number of piperidine rings is 1. The summed E-state index contributed by atoms with van der Waals surface area (Å²) in [6.45, 7) is 6.62. The minimum absolute atomic E-state index is 0.445. The van der Waals surface area contributed by atoms with Crippen molar-refractivity contribution in [3.05, 3.63) is 0 Å². The van der Waals surface area contributed by atoms with Gasteiger partial charge < -0.3 is 10.2 Å². The lowest BCUT2D eigenvalue weighted by atomic mass is 9.99. The molecule has 2 rings (SSSR count). The Hall–Kier alpha value is -0.210. The molecule has 2 atom stereocenters. The zero-order valence-corrected chi connectivity index (χ0v) is 14.4. The number of piperazine rings is 1. The Morgan fingerprint density at radius 2 is 1.86 bits per heavy atom. The highest BCUT2D eigenvalue weighted by atomic mass is 32.2. The molecule has 0 aromatic heterocycles. The molecule has 21 heavy (non-hydrogen) atoms. The van der Waals surface area contributed by atoms with E-state index in [-0.39, 0.29) is 0 Å². The number of likely N-dealkylation sites (N-methyl/N-ethyl adjacent to an activating group) is 2. The molecule has 2 heterocycles. The number of nitrogens with one attached hydrogen (secondary N) is 1. The Kier molecular flexibility index (Phi) is 6.02. The van der Waals surface area contributed by atoms with Crippen molar-refractivity contribution in [3.63, 3.8) is 0 Å². The molecule has 2 unspecified atom stereocenters. The maximum atomic E-state index is 11.6. The summed E-state index contributed by atoms with van der Waals surface area (Å²) in [6, 6.07) is 0.554. The van der Waals surface area contributed by atoms with Gasteiger partial charge in [-0.2, -0.15) is 0 Å². The van der Waals surface area contributed by atoms with Gasteiger partial charge in [0.25, 0.3) is 0 Å². The van der Waals surface area contributed by atoms with Crippen LogP contribution in [0.4, 0.5) is 0 Å². The van der Waals surface area contributed by atoms with Gasteiger partial charge in [0.15, 0.2) is 0 Å². The van der Waals surface area contributed by atoms with Crippen LogP contribution in [-0.4, -0.2) is 94.7 Å². The molecule has 0 spiro atoms. The molecule has 7 heteroatoms. The van der Waals surface area contributed by atoms with Crippen LogP contribution in [0.15, 0.2) is 0 Å². The van der Waals surface area contributed by atoms with E-state index < -0.39 is 10.0 Å². The van der Waals surface area contributed by atoms with Crippen LogP contribution >= 0.6 is 0 Å². The highest BCUT2D eigenvalue weighted by Gasteiger charge is 2.26. The van der Waals surface area contributed by atoms with E-state index in [2.05, 4.69) is 29.2 Å². The Morgan fingerprint density at radius 1 is 1.10 bits per heavy atom. The molecule has 0 aliphatic carbocycles. The summed E-state index contributed by atoms with van der Waals surface area (Å²) < 4.78 is 24.9. The van der Waals surface area contributed by atoms with E-state index in [9.17, 15) is 8.42 Å². The standard InChI is InChI=1S/C14H30N4O2S/c1-16-7-8-17(2)14(12-16)10-15-9-13-5-4-6-18(11-13)21(3,19)20/h13-15H,4-12H2,1-3H3. The second-order valence-corrected chi connectivity index (χ2v) is 8.67. The van der Waals surface area contributed by atoms with Crippen LogP contribution in [0.5, 0.6) is 0 Å². The molecule has 2 fully saturated rings. The second-order valence-electron chi connectivity index (χ2n) is 6.68. The van der Waals surface area contributed by atoms with E-state index in [1.165, 1.54) is 6.26 Å². The van der Waals surface area contributed by atoms with Gasteiger partial charge >= 0.3 is 0 Å². The number of rotatable bonds is 5. The van der Waals surface area contributed by atoms with E-state index >= 15 is 0 Å². The van der Waals surface area contributed by atoms with Crippen LogP contribution in [0, 0.1) is 5.92 Å². The molecule has 0 radical (unpaired) electrons. The summed E-state index contributed by atoms with van der Waals surface area (Å²) in [5.74, 6) is 0.445. The quantitative estimate of drug-likeness (QED) is 0.740. The van der Waals surface area contributed by atoms with Gasteiger partial charge in [-0.15, -0.1) is 0 Å². The maximum Gasteiger partial charge on any atom is 0.211 e. The van der Waals surface area contributed by atoms with E-state index in [0.717, 1.165) is 45.6 Å². The Bertz CT molecular complexity index is 429. The fourth-order valence-electron chi connectivity index (χ4n) is 3.27. The van der Waals surface area contributed by atoms with Crippen LogP contribution < -0.4 is 5.32 Å². The van der Waals surface area contributed by atoms with E-state index in [1.54, 1.807) is 4.31 Å². The monoisotopic (exact) mass is 318 g/mol. The fraction of sp³-hybridized carbons (Fsp3) is 1.00. The Labute approximate surface area is 129 Å². The summed E-state index contributed by atoms with van der Waals surface area (Å²) >= 11 is 0. The molecule has 0 amide bonds. The van der Waals surface area contributed by atoms with Crippen LogP contribution in [0.3, 0.4) is 0 Å². The first-order valence-corrected chi connectivity index (χ1v) is 9.75. The minimum Gasteiger partial charge on any atom is -0.315 e. The highest BCUT2D eigenvalue weighted by molar-refractivity contribution is 7.88. The van der Waals surface area contributed by atoms with Crippen molar-refractivity contribution < 1.29 is 8.42 Å². The summed E-state index contributed by atoms with van der Waals surface area (Å²) in [7, 11) is 1.33. The van der Waals surface area contributed by atoms with Crippen molar-refractivity contribution in [1.82, 2.24) is 19.4 Å². The van der Waals surface area contributed by atoms with Crippen molar-refractivity contribution >= 4 is 10.0 Å². The third kappa shape index (κ3) is 5.17. The molecule has 2 saturated heterocycles. The zero-order valence-electron chi connectivity index (χ0n) is 13.6. The van der Waals surface area contributed by atoms with Crippen LogP contribution in [0.25, 0.3) is 0 Å². The fourth-order valence-corrected chi connectivity index (χ4v) is 4.21. The predicted octanol–water partition coefficient (Wildman–Crippen LogP) is -0.507. The van der Waals surface area contributed by atoms with Crippen LogP contribution in [0.2, 0.25) is 0 Å². The second kappa shape index (κ2) is 7.37. The zero-order chi connectivity index (χ0) is 15.5. The average molecular weight is 318 g/mol. The van der Waals surface area contributed by atoms with Gasteiger partial charge in [-0.25, -0.2) is 12.7 Å². The molecule has 124 valence electrons. The van der Waals surface area contributed by atoms with Gasteiger partial charge in [-0.05, 0) is 39.4 Å². The highest BCUT2D eigenvalue weighted by Crippen LogP contribution is 2.18. The summed E-state index contributed by atoms with van der Waals surface area (Å²) in [5, 5.41) is 3.56. The third-order valence-corrected chi connectivity index (χ3v) is 6.01. The van der Waals surface area contributed by atoms with Crippen molar-refractivity contribution in [2.24, 2.45) is 5.92 Å². The topological polar surface area (TPSA) is 55.9 Å². The lowest BCUT2D eigenvalue weighted by molar-refractivity contribution is 0.112. The van der Waals surface area contributed by atoms with Crippen molar-refractivity contribution in [2.45, 2.75) is 18.9 Å². The average Bonchev–Trinajstić information content (AvgIpc) is 2.42. The maximum absolute atomic E-state index is 11.6. The SMILES string of the molecule is CN1CCN(C)C(CNCC2CCCN(S(C)(=O)=O)C2)C1. The molecule has 0 aromatic carbocycles. The van der Waals surface area contributed by atoms with E-state index in [0.29, 0.717) is 25.0 Å². The van der Waals surface area contributed by atoms with Gasteiger partial charge in [-0.1, -0.05) is 0 Å². The Morgan fingerprint density at radius 3 is 2.57 bits per heavy atom. The molecule has 6 nitrogen and oxygen atoms in total. The lowest BCUT2D eigenvalue weighted by Crippen LogP contribution is -2.54. The van der Waals surface area contributed by atoms with Crippen molar-refractivity contribution in [2.75, 3.05) is 66.2 Å². The molecular weight excluding hydrogens is 288 g/mol. The van der Waals surface area contributed by atoms with Gasteiger partial charge in [0.05, 0.1) is 6.26 Å². The van der Waals surface area contributed by atoms with Gasteiger partial charge in [0.1, 0.15) is 0 Å². The Balaban J connectivity index is 1.73. The summed E-state index contributed by atoms with van der Waals surface area (Å²) in [5.41, 5.74) is 0. The molecule has 0 aromatic rings. The van der Waals surface area contributed by atoms with Crippen molar-refractivity contribution in [3.8, 4) is 0 Å². The molecular formula is C14H30N4O2S. The number of sulfonamides is 1. The van der Waals surface area contributed by atoms with Crippen molar-refractivity contribution in [1.29, 1.82) is 0 Å². The van der Waals surface area contributed by atoms with Gasteiger partial charge in [0.2, 0.25) is 10.0 Å². The van der Waals surface area contributed by atoms with Crippen LogP contribution in [0.1, 0.15) is 12.8 Å². The third-order valence-electron chi connectivity index (χ3n) is 4.74. The smallest absolute Gasteiger partial charge is 0.211 e. The molecule has 0 bridgehead atoms. The molecule has 0 saturated carbocycles. The lowest BCUT2D eigenvalue weighted by Gasteiger charge is -2.38. The van der Waals surface area contributed by atoms with E-state index in [4.69, 9.17) is 0 Å². The summed E-state index contributed by atoms with van der Waals surface area (Å²) in [4.78, 5) is 4.79. The molecule has 2 aliphatic heterocycles. The molecule has 2 aliphatic rings. The number of hydrogen-bond acceptors (Lipinski definition) is 5.